The van der Waals surface area contributed by atoms with Crippen molar-refractivity contribution in [3.8, 4) is 0 Å². The van der Waals surface area contributed by atoms with Gasteiger partial charge in [-0.1, -0.05) is 34.1 Å². The first kappa shape index (κ1) is 74.5. The predicted molar refractivity (Wildman–Crippen MR) is 301 cm³/mol. The van der Waals surface area contributed by atoms with Crippen molar-refractivity contribution in [2.24, 2.45) is 67.7 Å². The van der Waals surface area contributed by atoms with Crippen LogP contribution in [0.4, 0.5) is 0 Å². The number of amides is 10. The first-order valence-electron chi connectivity index (χ1n) is 27.2. The van der Waals surface area contributed by atoms with Gasteiger partial charge in [0.05, 0.1) is 25.2 Å². The number of nitrogens with one attached hydrogen (secondary N) is 9. The van der Waals surface area contributed by atoms with Gasteiger partial charge in [0, 0.05) is 13.1 Å². The number of rotatable bonds is 42. The number of guanidine groups is 2. The molecule has 0 spiro atoms. The Morgan fingerprint density at radius 3 is 1.26 bits per heavy atom. The standard InChI is InChI=1S/C49H93N19O14/c1-24(2)21-32(42(76)66-34(23-69)44(78)67-36(25(3)4)45(79)60-26(5)47(81)82)65-46(80)37(27(6)70)68-41(75)31(16-12-20-59-49(56)57)63-43(77)33(22-35(53)71)64-40(74)30(15-11-19-58-48(54)55)62-39(73)29(14-8-10-18-51)61-38(72)28(52)13-7-9-17-50/h24-34,36-37,69-70H,7-23,50-52H2,1-6H3,(H2,53,71)(H,60,79)(H,61,72)(H,62,73)(H,63,77)(H,64,74)(H,65,80)(H,66,76)(H,67,78)(H,68,75)(H,81,82)(H4,54,55,58)(H4,56,57,59)/t26-,27+,28-,29-,30-,31-,32-,33-,34-,36-,37-/m0/s1. The van der Waals surface area contributed by atoms with Crippen molar-refractivity contribution in [1.29, 1.82) is 0 Å². The molecule has 0 heterocycles. The third kappa shape index (κ3) is 30.4. The number of carboxylic acid groups (broad SMARTS) is 1. The molecular formula is C49H93N19O14. The van der Waals surface area contributed by atoms with E-state index in [0.29, 0.717) is 32.2 Å². The number of hydrogen-bond donors (Lipinski definition) is 20. The molecule has 0 aromatic rings. The summed E-state index contributed by atoms with van der Waals surface area (Å²) in [4.78, 5) is 155. The summed E-state index contributed by atoms with van der Waals surface area (Å²) in [5.41, 5.74) is 44.8. The monoisotopic (exact) mass is 1170 g/mol. The zero-order valence-electron chi connectivity index (χ0n) is 47.9. The van der Waals surface area contributed by atoms with Crippen LogP contribution in [0.1, 0.15) is 119 Å². The molecule has 82 heavy (non-hydrogen) atoms. The van der Waals surface area contributed by atoms with Crippen molar-refractivity contribution >= 4 is 77.0 Å². The van der Waals surface area contributed by atoms with Gasteiger partial charge in [0.2, 0.25) is 59.1 Å². The molecule has 10 amide bonds. The molecule has 0 radical (unpaired) electrons. The van der Waals surface area contributed by atoms with Crippen molar-refractivity contribution in [1.82, 2.24) is 47.9 Å². The molecule has 0 saturated carbocycles. The Morgan fingerprint density at radius 1 is 0.451 bits per heavy atom. The van der Waals surface area contributed by atoms with E-state index >= 15 is 0 Å². The van der Waals surface area contributed by atoms with Crippen molar-refractivity contribution in [3.05, 3.63) is 0 Å². The maximum atomic E-state index is 14.2. The van der Waals surface area contributed by atoms with Crippen molar-refractivity contribution in [2.45, 2.75) is 185 Å². The maximum Gasteiger partial charge on any atom is 0.325 e. The number of unbranched alkanes of at least 4 members (excludes halogenated alkanes) is 2. The number of carboxylic acids is 1. The molecular weight excluding hydrogens is 1080 g/mol. The quantitative estimate of drug-likeness (QED) is 0.0153. The first-order chi connectivity index (χ1) is 38.4. The van der Waals surface area contributed by atoms with Crippen LogP contribution in [0.15, 0.2) is 9.98 Å². The highest BCUT2D eigenvalue weighted by molar-refractivity contribution is 5.99. The third-order valence-electron chi connectivity index (χ3n) is 12.3. The largest absolute Gasteiger partial charge is 0.480 e. The smallest absolute Gasteiger partial charge is 0.325 e. The number of carbonyl (C=O) groups excluding carboxylic acids is 10. The fraction of sp³-hybridized carbons (Fsp3) is 0.735. The Kier molecular flexibility index (Phi) is 36.2. The minimum Gasteiger partial charge on any atom is -0.480 e. The van der Waals surface area contributed by atoms with Gasteiger partial charge in [0.1, 0.15) is 54.4 Å². The second-order valence-electron chi connectivity index (χ2n) is 20.4. The molecule has 0 aromatic heterocycles. The van der Waals surface area contributed by atoms with Crippen molar-refractivity contribution in [3.63, 3.8) is 0 Å². The molecule has 0 rings (SSSR count). The van der Waals surface area contributed by atoms with E-state index < -0.39 is 151 Å². The summed E-state index contributed by atoms with van der Waals surface area (Å²) in [5.74, 6) is -12.7. The van der Waals surface area contributed by atoms with Crippen LogP contribution >= 0.6 is 0 Å². The lowest BCUT2D eigenvalue weighted by molar-refractivity contribution is -0.142. The molecule has 0 unspecified atom stereocenters. The van der Waals surface area contributed by atoms with E-state index in [0.717, 1.165) is 6.92 Å². The van der Waals surface area contributed by atoms with E-state index in [1.165, 1.54) is 6.92 Å². The summed E-state index contributed by atoms with van der Waals surface area (Å²) < 4.78 is 0. The van der Waals surface area contributed by atoms with Crippen LogP contribution in [0.2, 0.25) is 0 Å². The average molecular weight is 1170 g/mol. The number of nitrogens with zero attached hydrogens (tertiary/aromatic N) is 2. The number of nitrogens with two attached hydrogens (primary N) is 8. The summed E-state index contributed by atoms with van der Waals surface area (Å²) in [6.45, 7) is 8.37. The van der Waals surface area contributed by atoms with Crippen LogP contribution < -0.4 is 93.7 Å². The van der Waals surface area contributed by atoms with Crippen LogP contribution in [-0.2, 0) is 52.7 Å². The lowest BCUT2D eigenvalue weighted by Crippen LogP contribution is -2.62. The minimum absolute atomic E-state index is 0.0135. The number of aliphatic carboxylic acids is 1. The second kappa shape index (κ2) is 39.8. The van der Waals surface area contributed by atoms with Gasteiger partial charge >= 0.3 is 5.97 Å². The van der Waals surface area contributed by atoms with E-state index in [4.69, 9.17) is 45.9 Å². The van der Waals surface area contributed by atoms with Crippen LogP contribution in [0.5, 0.6) is 0 Å². The van der Waals surface area contributed by atoms with Gasteiger partial charge in [-0.15, -0.1) is 0 Å². The van der Waals surface area contributed by atoms with E-state index in [1.807, 2.05) is 0 Å². The molecule has 0 fully saturated rings. The number of aliphatic imine (C=N–C) groups is 2. The highest BCUT2D eigenvalue weighted by Crippen LogP contribution is 2.11. The fourth-order valence-electron chi connectivity index (χ4n) is 7.70. The number of carbonyl (C=O) groups is 11. The van der Waals surface area contributed by atoms with Crippen molar-refractivity contribution in [2.75, 3.05) is 32.8 Å². The molecule has 33 heteroatoms. The molecule has 33 nitrogen and oxygen atoms in total. The van der Waals surface area contributed by atoms with Gasteiger partial charge in [-0.3, -0.25) is 62.7 Å². The second-order valence-corrected chi connectivity index (χ2v) is 20.4. The van der Waals surface area contributed by atoms with Crippen LogP contribution in [0, 0.1) is 11.8 Å². The molecule has 468 valence electrons. The van der Waals surface area contributed by atoms with Gasteiger partial charge in [-0.2, -0.15) is 0 Å². The minimum atomic E-state index is -1.86. The fourth-order valence-corrected chi connectivity index (χ4v) is 7.70. The Hall–Kier alpha value is -7.49. The molecule has 0 aliphatic heterocycles. The SMILES string of the molecule is CC(C)C[C@H](NC(=O)[C@@H](NC(=O)[C@H](CCCN=C(N)N)NC(=O)[C@H](CC(N)=O)NC(=O)[C@H](CCCN=C(N)N)NC(=O)[C@H](CCCCN)NC(=O)[C@@H](N)CCCCN)[C@@H](C)O)C(=O)N[C@@H](CO)C(=O)N[C@H](C(=O)N[C@@H](C)C(=O)O)C(C)C. The highest BCUT2D eigenvalue weighted by Gasteiger charge is 2.37. The molecule has 28 N–H and O–H groups in total. The van der Waals surface area contributed by atoms with Crippen molar-refractivity contribution < 1.29 is 68.1 Å². The number of hydrogen-bond acceptors (Lipinski definition) is 18. The van der Waals surface area contributed by atoms with Crippen LogP contribution in [0.3, 0.4) is 0 Å². The van der Waals surface area contributed by atoms with E-state index in [-0.39, 0.29) is 82.4 Å². The maximum absolute atomic E-state index is 14.2. The molecule has 0 bridgehead atoms. The number of aliphatic hydroxyl groups is 2. The van der Waals surface area contributed by atoms with Gasteiger partial charge in [0.25, 0.3) is 0 Å². The zero-order valence-corrected chi connectivity index (χ0v) is 47.9. The van der Waals surface area contributed by atoms with E-state index in [2.05, 4.69) is 57.8 Å². The molecule has 11 atom stereocenters. The summed E-state index contributed by atoms with van der Waals surface area (Å²) in [6, 6.07) is -14.8. The summed E-state index contributed by atoms with van der Waals surface area (Å²) >= 11 is 0. The lowest BCUT2D eigenvalue weighted by Gasteiger charge is -2.29. The lowest BCUT2D eigenvalue weighted by atomic mass is 10.0. The van der Waals surface area contributed by atoms with E-state index in [1.54, 1.807) is 27.7 Å². The number of aliphatic hydroxyl groups excluding tert-OH is 2. The van der Waals surface area contributed by atoms with Gasteiger partial charge in [-0.25, -0.2) is 0 Å². The summed E-state index contributed by atoms with van der Waals surface area (Å²) in [6.07, 6.45) is -0.646. The number of primary amides is 1. The zero-order chi connectivity index (χ0) is 62.8. The first-order valence-corrected chi connectivity index (χ1v) is 27.2. The topological polar surface area (TPSA) is 590 Å². The van der Waals surface area contributed by atoms with E-state index in [9.17, 15) is 68.1 Å². The summed E-state index contributed by atoms with van der Waals surface area (Å²) in [5, 5.41) is 52.0. The molecule has 0 saturated heterocycles. The molecule has 0 aromatic carbocycles. The van der Waals surface area contributed by atoms with Gasteiger partial charge in [0.15, 0.2) is 11.9 Å². The Bertz CT molecular complexity index is 2160. The Labute approximate surface area is 477 Å². The molecule has 0 aliphatic rings. The normalized spacial score (nSPS) is 15.1. The van der Waals surface area contributed by atoms with Crippen LogP contribution in [-0.4, -0.2) is 192 Å². The predicted octanol–water partition coefficient (Wildman–Crippen LogP) is -7.90. The van der Waals surface area contributed by atoms with Gasteiger partial charge in [-0.05, 0) is 103 Å². The summed E-state index contributed by atoms with van der Waals surface area (Å²) in [7, 11) is 0. The Balaban J connectivity index is 6.90. The van der Waals surface area contributed by atoms with Gasteiger partial charge < -0.3 is 109 Å². The highest BCUT2D eigenvalue weighted by atomic mass is 16.4. The van der Waals surface area contributed by atoms with Crippen LogP contribution in [0.25, 0.3) is 0 Å². The third-order valence-corrected chi connectivity index (χ3v) is 12.3. The molecule has 0 aliphatic carbocycles. The average Bonchev–Trinajstić information content (AvgIpc) is 3.42. The Morgan fingerprint density at radius 2 is 0.829 bits per heavy atom.